The van der Waals surface area contributed by atoms with E-state index in [0.717, 1.165) is 17.1 Å². The first kappa shape index (κ1) is 12.6. The summed E-state index contributed by atoms with van der Waals surface area (Å²) in [5.41, 5.74) is 6.28. The second kappa shape index (κ2) is 6.19. The minimum Gasteiger partial charge on any atom is -0.457 e. The van der Waals surface area contributed by atoms with Gasteiger partial charge in [0.15, 0.2) is 0 Å². The van der Waals surface area contributed by atoms with Crippen molar-refractivity contribution in [3.05, 3.63) is 60.2 Å². The van der Waals surface area contributed by atoms with Gasteiger partial charge in [0.1, 0.15) is 11.5 Å². The Balaban J connectivity index is 2.04. The standard InChI is InChI=1S/C15H17NO2/c16-11-10-15(17)12-6-8-14(9-7-12)18-13-4-2-1-3-5-13/h1-9,15,17H,10-11,16H2. The molecule has 0 radical (unpaired) electrons. The van der Waals surface area contributed by atoms with E-state index in [9.17, 15) is 5.11 Å². The number of hydrogen-bond donors (Lipinski definition) is 2. The summed E-state index contributed by atoms with van der Waals surface area (Å²) in [4.78, 5) is 0. The van der Waals surface area contributed by atoms with Crippen LogP contribution < -0.4 is 10.5 Å². The van der Waals surface area contributed by atoms with Crippen molar-refractivity contribution < 1.29 is 9.84 Å². The average molecular weight is 243 g/mol. The van der Waals surface area contributed by atoms with E-state index in [-0.39, 0.29) is 0 Å². The Morgan fingerprint density at radius 2 is 1.56 bits per heavy atom. The summed E-state index contributed by atoms with van der Waals surface area (Å²) in [5, 5.41) is 9.78. The summed E-state index contributed by atoms with van der Waals surface area (Å²) in [6, 6.07) is 17.0. The molecule has 0 spiro atoms. The van der Waals surface area contributed by atoms with E-state index < -0.39 is 6.10 Å². The molecule has 3 nitrogen and oxygen atoms in total. The molecule has 1 unspecified atom stereocenters. The molecule has 0 aliphatic heterocycles. The fourth-order valence-corrected chi connectivity index (χ4v) is 1.71. The molecule has 94 valence electrons. The lowest BCUT2D eigenvalue weighted by Gasteiger charge is -2.10. The van der Waals surface area contributed by atoms with Crippen molar-refractivity contribution in [2.45, 2.75) is 12.5 Å². The van der Waals surface area contributed by atoms with Crippen LogP contribution in [0.1, 0.15) is 18.1 Å². The second-order valence-corrected chi connectivity index (χ2v) is 4.08. The molecular weight excluding hydrogens is 226 g/mol. The van der Waals surface area contributed by atoms with Crippen LogP contribution in [0, 0.1) is 0 Å². The molecular formula is C15H17NO2. The zero-order valence-corrected chi connectivity index (χ0v) is 10.1. The maximum atomic E-state index is 9.78. The predicted molar refractivity (Wildman–Crippen MR) is 71.6 cm³/mol. The van der Waals surface area contributed by atoms with Gasteiger partial charge < -0.3 is 15.6 Å². The zero-order valence-electron chi connectivity index (χ0n) is 10.1. The van der Waals surface area contributed by atoms with Crippen molar-refractivity contribution in [3.63, 3.8) is 0 Å². The van der Waals surface area contributed by atoms with Gasteiger partial charge in [0.25, 0.3) is 0 Å². The van der Waals surface area contributed by atoms with Gasteiger partial charge in [-0.3, -0.25) is 0 Å². The molecule has 3 heteroatoms. The molecule has 0 saturated heterocycles. The lowest BCUT2D eigenvalue weighted by Crippen LogP contribution is -2.06. The largest absolute Gasteiger partial charge is 0.457 e. The monoisotopic (exact) mass is 243 g/mol. The third-order valence-electron chi connectivity index (χ3n) is 2.68. The van der Waals surface area contributed by atoms with Crippen LogP contribution in [0.3, 0.4) is 0 Å². The van der Waals surface area contributed by atoms with E-state index in [0.29, 0.717) is 13.0 Å². The van der Waals surface area contributed by atoms with Gasteiger partial charge in [-0.1, -0.05) is 30.3 Å². The SMILES string of the molecule is NCCC(O)c1ccc(Oc2ccccc2)cc1. The van der Waals surface area contributed by atoms with Crippen LogP contribution in [0.2, 0.25) is 0 Å². The lowest BCUT2D eigenvalue weighted by atomic mass is 10.1. The number of para-hydroxylation sites is 1. The normalized spacial score (nSPS) is 12.1. The number of hydrogen-bond acceptors (Lipinski definition) is 3. The van der Waals surface area contributed by atoms with Crippen LogP contribution in [0.15, 0.2) is 54.6 Å². The average Bonchev–Trinajstić information content (AvgIpc) is 2.41. The van der Waals surface area contributed by atoms with E-state index in [1.807, 2.05) is 54.6 Å². The molecule has 3 N–H and O–H groups in total. The highest BCUT2D eigenvalue weighted by atomic mass is 16.5. The molecule has 0 aromatic heterocycles. The number of aliphatic hydroxyl groups is 1. The molecule has 18 heavy (non-hydrogen) atoms. The van der Waals surface area contributed by atoms with E-state index in [4.69, 9.17) is 10.5 Å². The first-order valence-electron chi connectivity index (χ1n) is 6.00. The van der Waals surface area contributed by atoms with Crippen molar-refractivity contribution in [1.82, 2.24) is 0 Å². The Hall–Kier alpha value is -1.84. The van der Waals surface area contributed by atoms with Gasteiger partial charge in [-0.25, -0.2) is 0 Å². The van der Waals surface area contributed by atoms with Crippen LogP contribution in [0.5, 0.6) is 11.5 Å². The maximum Gasteiger partial charge on any atom is 0.127 e. The topological polar surface area (TPSA) is 55.5 Å². The van der Waals surface area contributed by atoms with Gasteiger partial charge in [-0.2, -0.15) is 0 Å². The van der Waals surface area contributed by atoms with Crippen LogP contribution in [-0.4, -0.2) is 11.7 Å². The van der Waals surface area contributed by atoms with Crippen molar-refractivity contribution in [1.29, 1.82) is 0 Å². The fraction of sp³-hybridized carbons (Fsp3) is 0.200. The quantitative estimate of drug-likeness (QED) is 0.849. The van der Waals surface area contributed by atoms with Gasteiger partial charge in [0.05, 0.1) is 6.10 Å². The van der Waals surface area contributed by atoms with Gasteiger partial charge >= 0.3 is 0 Å². The maximum absolute atomic E-state index is 9.78. The minimum atomic E-state index is -0.499. The summed E-state index contributed by atoms with van der Waals surface area (Å²) >= 11 is 0. The van der Waals surface area contributed by atoms with E-state index in [1.54, 1.807) is 0 Å². The van der Waals surface area contributed by atoms with Crippen LogP contribution in [-0.2, 0) is 0 Å². The molecule has 0 bridgehead atoms. The van der Waals surface area contributed by atoms with Gasteiger partial charge in [-0.05, 0) is 42.8 Å². The van der Waals surface area contributed by atoms with E-state index in [2.05, 4.69) is 0 Å². The third kappa shape index (κ3) is 3.32. The number of ether oxygens (including phenoxy) is 1. The molecule has 2 aromatic carbocycles. The number of nitrogens with two attached hydrogens (primary N) is 1. The smallest absolute Gasteiger partial charge is 0.127 e. The van der Waals surface area contributed by atoms with Gasteiger partial charge in [-0.15, -0.1) is 0 Å². The van der Waals surface area contributed by atoms with Gasteiger partial charge in [0.2, 0.25) is 0 Å². The Labute approximate surface area is 107 Å². The fourth-order valence-electron chi connectivity index (χ4n) is 1.71. The number of rotatable bonds is 5. The molecule has 0 aliphatic carbocycles. The number of benzene rings is 2. The van der Waals surface area contributed by atoms with Crippen molar-refractivity contribution in [2.75, 3.05) is 6.54 Å². The van der Waals surface area contributed by atoms with Crippen LogP contribution >= 0.6 is 0 Å². The van der Waals surface area contributed by atoms with Crippen molar-refractivity contribution in [3.8, 4) is 11.5 Å². The summed E-state index contributed by atoms with van der Waals surface area (Å²) in [6.45, 7) is 0.476. The minimum absolute atomic E-state index is 0.476. The van der Waals surface area contributed by atoms with E-state index >= 15 is 0 Å². The molecule has 0 heterocycles. The first-order chi connectivity index (χ1) is 8.79. The van der Waals surface area contributed by atoms with E-state index in [1.165, 1.54) is 0 Å². The molecule has 2 aromatic rings. The molecule has 0 amide bonds. The van der Waals surface area contributed by atoms with Crippen molar-refractivity contribution >= 4 is 0 Å². The Morgan fingerprint density at radius 1 is 0.944 bits per heavy atom. The van der Waals surface area contributed by atoms with Gasteiger partial charge in [0, 0.05) is 0 Å². The van der Waals surface area contributed by atoms with Crippen LogP contribution in [0.4, 0.5) is 0 Å². The molecule has 0 saturated carbocycles. The molecule has 0 fully saturated rings. The molecule has 1 atom stereocenters. The second-order valence-electron chi connectivity index (χ2n) is 4.08. The Bertz CT molecular complexity index is 468. The third-order valence-corrected chi connectivity index (χ3v) is 2.68. The lowest BCUT2D eigenvalue weighted by molar-refractivity contribution is 0.170. The summed E-state index contributed by atoms with van der Waals surface area (Å²) in [5.74, 6) is 1.55. The summed E-state index contributed by atoms with van der Waals surface area (Å²) in [7, 11) is 0. The first-order valence-corrected chi connectivity index (χ1v) is 6.00. The molecule has 2 rings (SSSR count). The highest BCUT2D eigenvalue weighted by Gasteiger charge is 2.06. The summed E-state index contributed by atoms with van der Waals surface area (Å²) in [6.07, 6.45) is 0.0691. The van der Waals surface area contributed by atoms with Crippen molar-refractivity contribution in [2.24, 2.45) is 5.73 Å². The molecule has 0 aliphatic rings. The zero-order chi connectivity index (χ0) is 12.8. The number of aliphatic hydroxyl groups excluding tert-OH is 1. The Kier molecular flexibility index (Phi) is 4.34. The predicted octanol–water partition coefficient (Wildman–Crippen LogP) is 2.86. The highest BCUT2D eigenvalue weighted by molar-refractivity contribution is 5.33. The highest BCUT2D eigenvalue weighted by Crippen LogP contribution is 2.23. The summed E-state index contributed by atoms with van der Waals surface area (Å²) < 4.78 is 5.67. The van der Waals surface area contributed by atoms with Crippen LogP contribution in [0.25, 0.3) is 0 Å². The Morgan fingerprint density at radius 3 is 2.17 bits per heavy atom.